The predicted molar refractivity (Wildman–Crippen MR) is 107 cm³/mol. The van der Waals surface area contributed by atoms with Gasteiger partial charge in [-0.25, -0.2) is 9.97 Å². The number of carbonyl (C=O) groups is 1. The summed E-state index contributed by atoms with van der Waals surface area (Å²) >= 11 is 11.8. The van der Waals surface area contributed by atoms with Crippen molar-refractivity contribution in [3.8, 4) is 0 Å². The molecule has 0 saturated carbocycles. The molecule has 2 heterocycles. The van der Waals surface area contributed by atoms with E-state index in [1.165, 1.54) is 12.4 Å². The normalized spacial score (nSPS) is 16.4. The van der Waals surface area contributed by atoms with Crippen molar-refractivity contribution >= 4 is 40.7 Å². The molecular formula is C18H21Cl2N5O2. The van der Waals surface area contributed by atoms with Crippen LogP contribution in [0.1, 0.15) is 23.2 Å². The second-order valence-electron chi connectivity index (χ2n) is 6.25. The first kappa shape index (κ1) is 19.7. The van der Waals surface area contributed by atoms with E-state index in [4.69, 9.17) is 23.2 Å². The number of hydrogen-bond acceptors (Lipinski definition) is 6. The van der Waals surface area contributed by atoms with E-state index in [9.17, 15) is 9.90 Å². The third kappa shape index (κ3) is 5.00. The Bertz CT molecular complexity index is 805. The molecule has 1 aliphatic heterocycles. The van der Waals surface area contributed by atoms with Crippen molar-refractivity contribution in [2.24, 2.45) is 0 Å². The Morgan fingerprint density at radius 1 is 1.22 bits per heavy atom. The molecular weight excluding hydrogens is 389 g/mol. The molecule has 1 saturated heterocycles. The maximum Gasteiger partial charge on any atom is 0.251 e. The number of aliphatic hydroxyl groups excluding tert-OH is 1. The van der Waals surface area contributed by atoms with Crippen molar-refractivity contribution in [2.45, 2.75) is 18.9 Å². The van der Waals surface area contributed by atoms with Gasteiger partial charge in [-0.2, -0.15) is 0 Å². The van der Waals surface area contributed by atoms with E-state index in [-0.39, 0.29) is 18.6 Å². The fraction of sp³-hybridized carbons (Fsp3) is 0.389. The molecule has 1 fully saturated rings. The predicted octanol–water partition coefficient (Wildman–Crippen LogP) is 2.59. The summed E-state index contributed by atoms with van der Waals surface area (Å²) in [5.41, 5.74) is 0.456. The van der Waals surface area contributed by atoms with Crippen LogP contribution in [0.2, 0.25) is 10.0 Å². The lowest BCUT2D eigenvalue weighted by Gasteiger charge is -2.24. The van der Waals surface area contributed by atoms with E-state index in [0.29, 0.717) is 34.5 Å². The molecule has 1 aliphatic rings. The van der Waals surface area contributed by atoms with E-state index in [2.05, 4.69) is 25.5 Å². The van der Waals surface area contributed by atoms with Crippen LogP contribution in [-0.2, 0) is 0 Å². The van der Waals surface area contributed by atoms with Gasteiger partial charge in [-0.05, 0) is 31.0 Å². The lowest BCUT2D eigenvalue weighted by Crippen LogP contribution is -2.33. The van der Waals surface area contributed by atoms with Crippen LogP contribution in [0.4, 0.5) is 11.6 Å². The minimum atomic E-state index is -0.221. The average Bonchev–Trinajstić information content (AvgIpc) is 3.16. The average molecular weight is 410 g/mol. The standard InChI is InChI=1S/C18H21Cl2N5O2/c19-14-4-3-12(8-15(14)20)18(27)22-6-5-21-16-9-17(24-11-23-16)25-7-1-2-13(25)10-26/h3-4,8-9,11,13,26H,1-2,5-7,10H2,(H,22,27)(H,21,23,24). The summed E-state index contributed by atoms with van der Waals surface area (Å²) in [4.78, 5) is 22.7. The number of amides is 1. The Morgan fingerprint density at radius 3 is 2.85 bits per heavy atom. The molecule has 1 amide bonds. The minimum absolute atomic E-state index is 0.109. The second kappa shape index (κ2) is 9.21. The molecule has 1 aromatic carbocycles. The summed E-state index contributed by atoms with van der Waals surface area (Å²) < 4.78 is 0. The molecule has 3 rings (SSSR count). The molecule has 1 atom stereocenters. The van der Waals surface area contributed by atoms with Gasteiger partial charge in [-0.1, -0.05) is 23.2 Å². The number of aromatic nitrogens is 2. The molecule has 27 heavy (non-hydrogen) atoms. The number of nitrogens with one attached hydrogen (secondary N) is 2. The van der Waals surface area contributed by atoms with Crippen LogP contribution in [0.3, 0.4) is 0 Å². The van der Waals surface area contributed by atoms with Gasteiger partial charge in [0.1, 0.15) is 18.0 Å². The number of halogens is 2. The van der Waals surface area contributed by atoms with Gasteiger partial charge in [0.25, 0.3) is 5.91 Å². The zero-order chi connectivity index (χ0) is 19.2. The fourth-order valence-electron chi connectivity index (χ4n) is 3.03. The largest absolute Gasteiger partial charge is 0.394 e. The van der Waals surface area contributed by atoms with Crippen molar-refractivity contribution in [3.05, 3.63) is 46.2 Å². The quantitative estimate of drug-likeness (QED) is 0.608. The molecule has 3 N–H and O–H groups in total. The molecule has 144 valence electrons. The van der Waals surface area contributed by atoms with Crippen LogP contribution in [0.25, 0.3) is 0 Å². The van der Waals surface area contributed by atoms with Gasteiger partial charge >= 0.3 is 0 Å². The van der Waals surface area contributed by atoms with E-state index in [1.54, 1.807) is 12.1 Å². The Hall–Kier alpha value is -2.09. The van der Waals surface area contributed by atoms with Crippen LogP contribution in [0.15, 0.2) is 30.6 Å². The van der Waals surface area contributed by atoms with Crippen molar-refractivity contribution < 1.29 is 9.90 Å². The fourth-order valence-corrected chi connectivity index (χ4v) is 3.33. The highest BCUT2D eigenvalue weighted by Gasteiger charge is 2.25. The zero-order valence-electron chi connectivity index (χ0n) is 14.7. The molecule has 0 aliphatic carbocycles. The lowest BCUT2D eigenvalue weighted by atomic mass is 10.2. The van der Waals surface area contributed by atoms with Gasteiger partial charge in [0.05, 0.1) is 22.7 Å². The van der Waals surface area contributed by atoms with Crippen molar-refractivity contribution in [1.82, 2.24) is 15.3 Å². The second-order valence-corrected chi connectivity index (χ2v) is 7.06. The van der Waals surface area contributed by atoms with E-state index in [0.717, 1.165) is 25.2 Å². The van der Waals surface area contributed by atoms with Gasteiger partial charge in [0.2, 0.25) is 0 Å². The number of hydrogen-bond donors (Lipinski definition) is 3. The highest BCUT2D eigenvalue weighted by Crippen LogP contribution is 2.24. The first-order valence-corrected chi connectivity index (χ1v) is 9.50. The summed E-state index contributed by atoms with van der Waals surface area (Å²) in [5, 5.41) is 16.2. The minimum Gasteiger partial charge on any atom is -0.394 e. The number of aliphatic hydroxyl groups is 1. The van der Waals surface area contributed by atoms with Crippen LogP contribution >= 0.6 is 23.2 Å². The van der Waals surface area contributed by atoms with Gasteiger partial charge in [0.15, 0.2) is 0 Å². The van der Waals surface area contributed by atoms with E-state index in [1.807, 2.05) is 6.07 Å². The highest BCUT2D eigenvalue weighted by atomic mass is 35.5. The number of benzene rings is 1. The Balaban J connectivity index is 1.50. The third-order valence-corrected chi connectivity index (χ3v) is 5.17. The maximum atomic E-state index is 12.1. The van der Waals surface area contributed by atoms with Gasteiger partial charge in [-0.15, -0.1) is 0 Å². The molecule has 2 aromatic rings. The highest BCUT2D eigenvalue weighted by molar-refractivity contribution is 6.42. The number of rotatable bonds is 7. The summed E-state index contributed by atoms with van der Waals surface area (Å²) in [6.07, 6.45) is 3.50. The van der Waals surface area contributed by atoms with Crippen molar-refractivity contribution in [1.29, 1.82) is 0 Å². The van der Waals surface area contributed by atoms with Gasteiger partial charge < -0.3 is 20.6 Å². The summed E-state index contributed by atoms with van der Waals surface area (Å²) in [7, 11) is 0. The van der Waals surface area contributed by atoms with E-state index < -0.39 is 0 Å². The van der Waals surface area contributed by atoms with Crippen LogP contribution in [0.5, 0.6) is 0 Å². The van der Waals surface area contributed by atoms with Gasteiger partial charge in [-0.3, -0.25) is 4.79 Å². The van der Waals surface area contributed by atoms with Crippen molar-refractivity contribution in [3.63, 3.8) is 0 Å². The number of carbonyl (C=O) groups excluding carboxylic acids is 1. The molecule has 0 bridgehead atoms. The van der Waals surface area contributed by atoms with Crippen LogP contribution in [0, 0.1) is 0 Å². The molecule has 1 aromatic heterocycles. The molecule has 7 nitrogen and oxygen atoms in total. The van der Waals surface area contributed by atoms with E-state index >= 15 is 0 Å². The summed E-state index contributed by atoms with van der Waals surface area (Å²) in [6.45, 7) is 1.92. The number of anilines is 2. The zero-order valence-corrected chi connectivity index (χ0v) is 16.2. The summed E-state index contributed by atoms with van der Waals surface area (Å²) in [6, 6.07) is 6.73. The Labute approximate surface area is 167 Å². The Kier molecular flexibility index (Phi) is 6.71. The monoisotopic (exact) mass is 409 g/mol. The molecule has 9 heteroatoms. The SMILES string of the molecule is O=C(NCCNc1cc(N2CCCC2CO)ncn1)c1ccc(Cl)c(Cl)c1. The third-order valence-electron chi connectivity index (χ3n) is 4.43. The number of nitrogens with zero attached hydrogens (tertiary/aromatic N) is 3. The first-order chi connectivity index (χ1) is 13.1. The van der Waals surface area contributed by atoms with Gasteiger partial charge in [0, 0.05) is 31.3 Å². The Morgan fingerprint density at radius 2 is 2.07 bits per heavy atom. The van der Waals surface area contributed by atoms with Crippen LogP contribution in [-0.4, -0.2) is 53.3 Å². The smallest absolute Gasteiger partial charge is 0.251 e. The molecule has 1 unspecified atom stereocenters. The lowest BCUT2D eigenvalue weighted by molar-refractivity contribution is 0.0955. The molecule has 0 spiro atoms. The summed E-state index contributed by atoms with van der Waals surface area (Å²) in [5.74, 6) is 1.25. The topological polar surface area (TPSA) is 90.4 Å². The van der Waals surface area contributed by atoms with Crippen LogP contribution < -0.4 is 15.5 Å². The maximum absolute atomic E-state index is 12.1. The molecule has 0 radical (unpaired) electrons. The van der Waals surface area contributed by atoms with Crippen molar-refractivity contribution in [2.75, 3.05) is 36.5 Å². The first-order valence-electron chi connectivity index (χ1n) is 8.75.